The smallest absolute Gasteiger partial charge is 0.416 e. The van der Waals surface area contributed by atoms with Crippen molar-refractivity contribution in [3.8, 4) is 23.0 Å². The number of benzene rings is 2. The van der Waals surface area contributed by atoms with E-state index < -0.39 is 17.6 Å². The molecule has 1 aliphatic rings. The summed E-state index contributed by atoms with van der Waals surface area (Å²) in [6, 6.07) is 9.22. The summed E-state index contributed by atoms with van der Waals surface area (Å²) >= 11 is 0. The topological polar surface area (TPSA) is 73.6 Å². The van der Waals surface area contributed by atoms with Gasteiger partial charge in [0.25, 0.3) is 5.91 Å². The van der Waals surface area contributed by atoms with Crippen molar-refractivity contribution in [2.24, 2.45) is 0 Å². The number of halogens is 3. The van der Waals surface area contributed by atoms with Gasteiger partial charge in [-0.05, 0) is 36.4 Å². The summed E-state index contributed by atoms with van der Waals surface area (Å²) in [6.45, 7) is 0.118. The number of ether oxygens (including phenoxy) is 2. The van der Waals surface area contributed by atoms with E-state index in [-0.39, 0.29) is 18.4 Å². The predicted molar refractivity (Wildman–Crippen MR) is 87.5 cm³/mol. The summed E-state index contributed by atoms with van der Waals surface area (Å²) in [5, 5.41) is 2.64. The molecule has 0 spiro atoms. The lowest BCUT2D eigenvalue weighted by Crippen LogP contribution is -2.12. The van der Waals surface area contributed by atoms with Crippen molar-refractivity contribution in [3.63, 3.8) is 0 Å². The highest BCUT2D eigenvalue weighted by molar-refractivity contribution is 6.03. The Bertz CT molecular complexity index is 997. The zero-order valence-electron chi connectivity index (χ0n) is 13.5. The van der Waals surface area contributed by atoms with E-state index in [0.29, 0.717) is 22.7 Å². The minimum Gasteiger partial charge on any atom is -0.454 e. The lowest BCUT2D eigenvalue weighted by Gasteiger charge is -2.06. The number of anilines is 1. The van der Waals surface area contributed by atoms with Gasteiger partial charge >= 0.3 is 6.18 Å². The average Bonchev–Trinajstić information content (AvgIpc) is 3.30. The number of amides is 1. The molecule has 0 fully saturated rings. The monoisotopic (exact) mass is 376 g/mol. The van der Waals surface area contributed by atoms with Crippen LogP contribution in [-0.4, -0.2) is 17.7 Å². The van der Waals surface area contributed by atoms with Crippen LogP contribution in [0.1, 0.15) is 16.1 Å². The molecule has 27 heavy (non-hydrogen) atoms. The normalized spacial score (nSPS) is 12.9. The molecule has 138 valence electrons. The van der Waals surface area contributed by atoms with Gasteiger partial charge in [-0.1, -0.05) is 0 Å². The maximum Gasteiger partial charge on any atom is 0.416 e. The fourth-order valence-electron chi connectivity index (χ4n) is 2.48. The molecule has 0 unspecified atom stereocenters. The molecule has 9 heteroatoms. The molecule has 0 bridgehead atoms. The third kappa shape index (κ3) is 3.43. The van der Waals surface area contributed by atoms with Gasteiger partial charge in [0, 0.05) is 17.3 Å². The third-order valence-corrected chi connectivity index (χ3v) is 3.83. The first-order chi connectivity index (χ1) is 12.9. The maximum atomic E-state index is 12.6. The highest BCUT2D eigenvalue weighted by Gasteiger charge is 2.30. The SMILES string of the molecule is O=C(Nc1ccc2c(c1)OCO2)c1coc(-c2ccc(C(F)(F)F)cc2)n1. The summed E-state index contributed by atoms with van der Waals surface area (Å²) in [5.74, 6) is 0.604. The van der Waals surface area contributed by atoms with E-state index in [1.165, 1.54) is 12.1 Å². The minimum atomic E-state index is -4.43. The summed E-state index contributed by atoms with van der Waals surface area (Å²) < 4.78 is 53.5. The van der Waals surface area contributed by atoms with Crippen molar-refractivity contribution in [1.29, 1.82) is 0 Å². The Labute approximate surface area is 150 Å². The molecule has 0 saturated heterocycles. The van der Waals surface area contributed by atoms with Gasteiger partial charge in [-0.3, -0.25) is 4.79 Å². The van der Waals surface area contributed by atoms with Gasteiger partial charge in [-0.25, -0.2) is 4.98 Å². The largest absolute Gasteiger partial charge is 0.454 e. The molecule has 0 atom stereocenters. The number of oxazole rings is 1. The minimum absolute atomic E-state index is 0.0115. The molecule has 1 amide bonds. The Balaban J connectivity index is 1.49. The number of carbonyl (C=O) groups excluding carboxylic acids is 1. The van der Waals surface area contributed by atoms with Crippen LogP contribution in [0.4, 0.5) is 18.9 Å². The van der Waals surface area contributed by atoms with Crippen LogP contribution >= 0.6 is 0 Å². The maximum absolute atomic E-state index is 12.6. The highest BCUT2D eigenvalue weighted by atomic mass is 19.4. The van der Waals surface area contributed by atoms with Gasteiger partial charge in [0.15, 0.2) is 17.2 Å². The van der Waals surface area contributed by atoms with Gasteiger partial charge in [-0.2, -0.15) is 13.2 Å². The predicted octanol–water partition coefficient (Wildman–Crippen LogP) is 4.34. The molecule has 1 aliphatic heterocycles. The van der Waals surface area contributed by atoms with Gasteiger partial charge < -0.3 is 19.2 Å². The molecule has 6 nitrogen and oxygen atoms in total. The second kappa shape index (κ2) is 6.35. The van der Waals surface area contributed by atoms with Crippen LogP contribution in [0.15, 0.2) is 53.1 Å². The van der Waals surface area contributed by atoms with Gasteiger partial charge in [0.05, 0.1) is 5.56 Å². The van der Waals surface area contributed by atoms with Crippen LogP contribution in [0, 0.1) is 0 Å². The molecule has 2 heterocycles. The molecule has 0 radical (unpaired) electrons. The molecule has 0 saturated carbocycles. The standard InChI is InChI=1S/C18H11F3N2O4/c19-18(20,21)11-3-1-10(2-4-11)17-23-13(8-25-17)16(24)22-12-5-6-14-15(7-12)27-9-26-14/h1-8H,9H2,(H,22,24). The zero-order chi connectivity index (χ0) is 19.0. The quantitative estimate of drug-likeness (QED) is 0.736. The Hall–Kier alpha value is -3.49. The molecule has 0 aliphatic carbocycles. The second-order valence-electron chi connectivity index (χ2n) is 5.64. The molecule has 3 aromatic rings. The number of hydrogen-bond acceptors (Lipinski definition) is 5. The lowest BCUT2D eigenvalue weighted by molar-refractivity contribution is -0.137. The van der Waals surface area contributed by atoms with E-state index in [9.17, 15) is 18.0 Å². The Morgan fingerprint density at radius 2 is 1.78 bits per heavy atom. The van der Waals surface area contributed by atoms with Crippen molar-refractivity contribution < 1.29 is 31.9 Å². The van der Waals surface area contributed by atoms with Crippen LogP contribution in [0.5, 0.6) is 11.5 Å². The van der Waals surface area contributed by atoms with Crippen molar-refractivity contribution in [1.82, 2.24) is 4.98 Å². The molecular formula is C18H11F3N2O4. The van der Waals surface area contributed by atoms with Crippen LogP contribution in [-0.2, 0) is 6.18 Å². The summed E-state index contributed by atoms with van der Waals surface area (Å²) in [7, 11) is 0. The van der Waals surface area contributed by atoms with E-state index in [1.807, 2.05) is 0 Å². The number of nitrogens with zero attached hydrogens (tertiary/aromatic N) is 1. The number of nitrogens with one attached hydrogen (secondary N) is 1. The average molecular weight is 376 g/mol. The van der Waals surface area contributed by atoms with Crippen LogP contribution in [0.25, 0.3) is 11.5 Å². The first kappa shape index (κ1) is 17.0. The fourth-order valence-corrected chi connectivity index (χ4v) is 2.48. The third-order valence-electron chi connectivity index (χ3n) is 3.83. The van der Waals surface area contributed by atoms with E-state index >= 15 is 0 Å². The first-order valence-electron chi connectivity index (χ1n) is 7.74. The number of carbonyl (C=O) groups is 1. The van der Waals surface area contributed by atoms with Crippen molar-refractivity contribution in [3.05, 3.63) is 60.0 Å². The second-order valence-corrected chi connectivity index (χ2v) is 5.64. The number of aromatic nitrogens is 1. The number of rotatable bonds is 3. The van der Waals surface area contributed by atoms with Crippen molar-refractivity contribution in [2.75, 3.05) is 12.1 Å². The molecule has 2 aromatic carbocycles. The number of alkyl halides is 3. The zero-order valence-corrected chi connectivity index (χ0v) is 13.5. The van der Waals surface area contributed by atoms with Gasteiger partial charge in [0.1, 0.15) is 6.26 Å². The summed E-state index contributed by atoms with van der Waals surface area (Å²) in [6.07, 6.45) is -3.29. The first-order valence-corrected chi connectivity index (χ1v) is 7.74. The Kier molecular flexibility index (Phi) is 3.98. The van der Waals surface area contributed by atoms with E-state index in [0.717, 1.165) is 18.4 Å². The highest BCUT2D eigenvalue weighted by Crippen LogP contribution is 2.34. The Morgan fingerprint density at radius 3 is 2.52 bits per heavy atom. The van der Waals surface area contributed by atoms with Crippen molar-refractivity contribution >= 4 is 11.6 Å². The van der Waals surface area contributed by atoms with Crippen LogP contribution in [0.2, 0.25) is 0 Å². The van der Waals surface area contributed by atoms with E-state index in [2.05, 4.69) is 10.3 Å². The lowest BCUT2D eigenvalue weighted by atomic mass is 10.1. The molecule has 1 N–H and O–H groups in total. The van der Waals surface area contributed by atoms with Gasteiger partial charge in [0.2, 0.25) is 12.7 Å². The van der Waals surface area contributed by atoms with Crippen molar-refractivity contribution in [2.45, 2.75) is 6.18 Å². The number of hydrogen-bond donors (Lipinski definition) is 1. The van der Waals surface area contributed by atoms with Gasteiger partial charge in [-0.15, -0.1) is 0 Å². The summed E-state index contributed by atoms with van der Waals surface area (Å²) in [4.78, 5) is 16.3. The number of fused-ring (bicyclic) bond motifs is 1. The molecule has 4 rings (SSSR count). The van der Waals surface area contributed by atoms with Crippen LogP contribution < -0.4 is 14.8 Å². The van der Waals surface area contributed by atoms with Crippen LogP contribution in [0.3, 0.4) is 0 Å². The van der Waals surface area contributed by atoms with E-state index in [1.54, 1.807) is 18.2 Å². The molecular weight excluding hydrogens is 365 g/mol. The Morgan fingerprint density at radius 1 is 1.04 bits per heavy atom. The summed E-state index contributed by atoms with van der Waals surface area (Å²) in [5.41, 5.74) is 0.00889. The fraction of sp³-hybridized carbons (Fsp3) is 0.111. The van der Waals surface area contributed by atoms with E-state index in [4.69, 9.17) is 13.9 Å². The molecule has 1 aromatic heterocycles.